The molecule has 1 aromatic heterocycles. The Hall–Kier alpha value is -1.33. The number of hydrogen-bond donors (Lipinski definition) is 1. The number of hydrogen-bond acceptors (Lipinski definition) is 4. The highest BCUT2D eigenvalue weighted by Crippen LogP contribution is 2.18. The molecule has 0 aliphatic rings. The molecule has 0 amide bonds. The van der Waals surface area contributed by atoms with E-state index in [9.17, 15) is 4.39 Å². The fraction of sp³-hybridized carbons (Fsp3) is 0.273. The molecule has 2 rings (SSSR count). The lowest BCUT2D eigenvalue weighted by molar-refractivity contribution is 0.619. The van der Waals surface area contributed by atoms with Crippen molar-refractivity contribution in [3.8, 4) is 0 Å². The van der Waals surface area contributed by atoms with Gasteiger partial charge in [0.05, 0.1) is 11.7 Å². The molecule has 0 bridgehead atoms. The van der Waals surface area contributed by atoms with Crippen LogP contribution in [0.1, 0.15) is 22.9 Å². The van der Waals surface area contributed by atoms with Crippen LogP contribution in [0.4, 0.5) is 4.39 Å². The van der Waals surface area contributed by atoms with Gasteiger partial charge in [-0.3, -0.25) is 0 Å². The van der Waals surface area contributed by atoms with Gasteiger partial charge in [0.1, 0.15) is 5.82 Å². The minimum atomic E-state index is -0.232. The first kappa shape index (κ1) is 11.2. The van der Waals surface area contributed by atoms with Crippen LogP contribution >= 0.6 is 11.5 Å². The second kappa shape index (κ2) is 4.67. The number of aromatic nitrogens is 2. The minimum Gasteiger partial charge on any atom is -0.322 e. The molecule has 0 saturated carbocycles. The second-order valence-corrected chi connectivity index (χ2v) is 4.32. The highest BCUT2D eigenvalue weighted by molar-refractivity contribution is 7.03. The van der Waals surface area contributed by atoms with Crippen LogP contribution in [0.2, 0.25) is 0 Å². The maximum atomic E-state index is 13.1. The summed E-state index contributed by atoms with van der Waals surface area (Å²) in [5.74, 6) is -0.232. The Morgan fingerprint density at radius 2 is 2.31 bits per heavy atom. The van der Waals surface area contributed by atoms with Crippen molar-refractivity contribution in [2.45, 2.75) is 19.4 Å². The van der Waals surface area contributed by atoms with E-state index in [-0.39, 0.29) is 11.9 Å². The number of nitrogens with two attached hydrogens (primary N) is 1. The number of aryl methyl sites for hydroxylation is 1. The first-order valence-corrected chi connectivity index (χ1v) is 5.78. The second-order valence-electron chi connectivity index (χ2n) is 3.71. The molecule has 16 heavy (non-hydrogen) atoms. The summed E-state index contributed by atoms with van der Waals surface area (Å²) < 4.78 is 16.8. The zero-order chi connectivity index (χ0) is 11.5. The minimum absolute atomic E-state index is 0.223. The van der Waals surface area contributed by atoms with Crippen molar-refractivity contribution in [2.24, 2.45) is 5.73 Å². The average Bonchev–Trinajstić information content (AvgIpc) is 2.76. The van der Waals surface area contributed by atoms with Gasteiger partial charge in [-0.05, 0) is 48.1 Å². The van der Waals surface area contributed by atoms with E-state index >= 15 is 0 Å². The van der Waals surface area contributed by atoms with Crippen LogP contribution in [-0.4, -0.2) is 9.59 Å². The average molecular weight is 237 g/mol. The molecule has 3 nitrogen and oxygen atoms in total. The fourth-order valence-electron chi connectivity index (χ4n) is 1.53. The molecule has 2 aromatic rings. The molecule has 1 atom stereocenters. The van der Waals surface area contributed by atoms with Crippen molar-refractivity contribution in [3.05, 3.63) is 46.2 Å². The maximum absolute atomic E-state index is 13.1. The zero-order valence-electron chi connectivity index (χ0n) is 8.85. The molecule has 0 radical (unpaired) electrons. The van der Waals surface area contributed by atoms with Gasteiger partial charge in [0.2, 0.25) is 0 Å². The van der Waals surface area contributed by atoms with E-state index in [2.05, 4.69) is 9.59 Å². The Morgan fingerprint density at radius 3 is 3.00 bits per heavy atom. The molecular weight excluding hydrogens is 225 g/mol. The predicted molar refractivity (Wildman–Crippen MR) is 61.7 cm³/mol. The summed E-state index contributed by atoms with van der Waals surface area (Å²) in [6, 6.07) is 4.51. The third-order valence-corrected chi connectivity index (χ3v) is 3.03. The largest absolute Gasteiger partial charge is 0.322 e. The molecule has 1 heterocycles. The molecule has 0 spiro atoms. The Morgan fingerprint density at radius 1 is 1.50 bits per heavy atom. The summed E-state index contributed by atoms with van der Waals surface area (Å²) in [6.07, 6.45) is 0.578. The van der Waals surface area contributed by atoms with Crippen molar-refractivity contribution in [3.63, 3.8) is 0 Å². The fourth-order valence-corrected chi connectivity index (χ4v) is 2.05. The summed E-state index contributed by atoms with van der Waals surface area (Å²) in [6.45, 7) is 1.95. The van der Waals surface area contributed by atoms with E-state index in [1.54, 1.807) is 6.07 Å². The normalized spacial score (nSPS) is 12.7. The van der Waals surface area contributed by atoms with E-state index in [0.717, 1.165) is 16.8 Å². The van der Waals surface area contributed by atoms with Crippen LogP contribution in [0, 0.1) is 12.7 Å². The lowest BCUT2D eigenvalue weighted by Crippen LogP contribution is -2.14. The quantitative estimate of drug-likeness (QED) is 0.890. The van der Waals surface area contributed by atoms with Gasteiger partial charge in [0.15, 0.2) is 0 Å². The Kier molecular flexibility index (Phi) is 3.26. The van der Waals surface area contributed by atoms with E-state index in [4.69, 9.17) is 5.73 Å². The molecule has 0 aliphatic carbocycles. The topological polar surface area (TPSA) is 51.8 Å². The van der Waals surface area contributed by atoms with Crippen molar-refractivity contribution in [1.29, 1.82) is 0 Å². The molecule has 84 valence electrons. The molecular formula is C11H12FN3S. The summed E-state index contributed by atoms with van der Waals surface area (Å²) in [5, 5.41) is 5.73. The van der Waals surface area contributed by atoms with E-state index in [0.29, 0.717) is 6.42 Å². The van der Waals surface area contributed by atoms with Gasteiger partial charge in [0.25, 0.3) is 0 Å². The van der Waals surface area contributed by atoms with E-state index in [1.807, 2.05) is 12.3 Å². The number of rotatable bonds is 3. The maximum Gasteiger partial charge on any atom is 0.123 e. The smallest absolute Gasteiger partial charge is 0.123 e. The highest BCUT2D eigenvalue weighted by atomic mass is 32.1. The van der Waals surface area contributed by atoms with Crippen LogP contribution in [-0.2, 0) is 6.42 Å². The molecule has 1 aromatic carbocycles. The Labute approximate surface area is 97.3 Å². The molecule has 0 saturated heterocycles. The van der Waals surface area contributed by atoms with Crippen molar-refractivity contribution >= 4 is 11.5 Å². The summed E-state index contributed by atoms with van der Waals surface area (Å²) in [7, 11) is 0. The van der Waals surface area contributed by atoms with Gasteiger partial charge < -0.3 is 5.73 Å². The van der Waals surface area contributed by atoms with Crippen molar-refractivity contribution < 1.29 is 4.39 Å². The number of halogens is 1. The van der Waals surface area contributed by atoms with Gasteiger partial charge in [-0.2, -0.15) is 0 Å². The van der Waals surface area contributed by atoms with E-state index < -0.39 is 0 Å². The SMILES string of the molecule is Cc1ccc(F)cc1CC(N)c1csnn1. The lowest BCUT2D eigenvalue weighted by atomic mass is 10.0. The van der Waals surface area contributed by atoms with Crippen LogP contribution in [0.15, 0.2) is 23.6 Å². The first-order chi connectivity index (χ1) is 7.66. The van der Waals surface area contributed by atoms with Gasteiger partial charge in [-0.1, -0.05) is 10.6 Å². The first-order valence-electron chi connectivity index (χ1n) is 4.94. The van der Waals surface area contributed by atoms with Crippen molar-refractivity contribution in [1.82, 2.24) is 9.59 Å². The Bertz CT molecular complexity index is 470. The predicted octanol–water partition coefficient (Wildman–Crippen LogP) is 2.23. The molecule has 5 heteroatoms. The summed E-state index contributed by atoms with van der Waals surface area (Å²) in [4.78, 5) is 0. The summed E-state index contributed by atoms with van der Waals surface area (Å²) >= 11 is 1.27. The zero-order valence-corrected chi connectivity index (χ0v) is 9.67. The molecule has 0 fully saturated rings. The third-order valence-electron chi connectivity index (χ3n) is 2.51. The van der Waals surface area contributed by atoms with Crippen LogP contribution in [0.3, 0.4) is 0 Å². The molecule has 1 unspecified atom stereocenters. The van der Waals surface area contributed by atoms with Gasteiger partial charge in [-0.15, -0.1) is 5.10 Å². The third kappa shape index (κ3) is 2.43. The highest BCUT2D eigenvalue weighted by Gasteiger charge is 2.11. The monoisotopic (exact) mass is 237 g/mol. The van der Waals surface area contributed by atoms with Gasteiger partial charge in [0, 0.05) is 5.38 Å². The van der Waals surface area contributed by atoms with Crippen LogP contribution in [0.25, 0.3) is 0 Å². The number of benzene rings is 1. The Balaban J connectivity index is 2.17. The number of nitrogens with zero attached hydrogens (tertiary/aromatic N) is 2. The lowest BCUT2D eigenvalue weighted by Gasteiger charge is -2.10. The van der Waals surface area contributed by atoms with Crippen LogP contribution in [0.5, 0.6) is 0 Å². The molecule has 0 aliphatic heterocycles. The standard InChI is InChI=1S/C11H12FN3S/c1-7-2-3-9(12)4-8(7)5-10(13)11-6-16-15-14-11/h2-4,6,10H,5,13H2,1H3. The summed E-state index contributed by atoms with van der Waals surface area (Å²) in [5.41, 5.74) is 8.69. The van der Waals surface area contributed by atoms with E-state index in [1.165, 1.54) is 23.7 Å². The van der Waals surface area contributed by atoms with Gasteiger partial charge >= 0.3 is 0 Å². The molecule has 2 N–H and O–H groups in total. The van der Waals surface area contributed by atoms with Crippen molar-refractivity contribution in [2.75, 3.05) is 0 Å². The van der Waals surface area contributed by atoms with Gasteiger partial charge in [-0.25, -0.2) is 4.39 Å². The van der Waals surface area contributed by atoms with Crippen LogP contribution < -0.4 is 5.73 Å².